The van der Waals surface area contributed by atoms with Gasteiger partial charge in [0, 0.05) is 0 Å². The molecule has 2 amide bonds. The Morgan fingerprint density at radius 3 is 2.46 bits per heavy atom. The molecule has 2 aromatic rings. The number of ether oxygens (including phenoxy) is 1. The molecule has 0 spiro atoms. The molecular weight excluding hydrogens is 425 g/mol. The van der Waals surface area contributed by atoms with E-state index in [1.807, 2.05) is 0 Å². The van der Waals surface area contributed by atoms with Crippen LogP contribution in [0, 0.1) is 0 Å². The summed E-state index contributed by atoms with van der Waals surface area (Å²) in [7, 11) is 0. The van der Waals surface area contributed by atoms with Gasteiger partial charge in [0.25, 0.3) is 11.1 Å². The molecule has 0 atom stereocenters. The molecule has 0 unspecified atom stereocenters. The van der Waals surface area contributed by atoms with E-state index in [0.29, 0.717) is 31.8 Å². The lowest BCUT2D eigenvalue weighted by Crippen LogP contribution is -2.27. The first-order valence-electron chi connectivity index (χ1n) is 7.97. The number of halogens is 2. The number of hydrogen-bond donors (Lipinski definition) is 1. The molecule has 9 heteroatoms. The van der Waals surface area contributed by atoms with E-state index in [-0.39, 0.29) is 11.8 Å². The first kappa shape index (κ1) is 20.3. The topological polar surface area (TPSA) is 83.9 Å². The van der Waals surface area contributed by atoms with E-state index in [4.69, 9.17) is 33.0 Å². The van der Waals surface area contributed by atoms with Gasteiger partial charge in [-0.05, 0) is 53.2 Å². The van der Waals surface area contributed by atoms with Crippen LogP contribution in [-0.4, -0.2) is 33.7 Å². The Morgan fingerprint density at radius 1 is 1.11 bits per heavy atom. The molecule has 0 bridgehead atoms. The maximum atomic E-state index is 12.6. The van der Waals surface area contributed by atoms with Crippen LogP contribution >= 0.6 is 35.0 Å². The highest BCUT2D eigenvalue weighted by molar-refractivity contribution is 8.18. The van der Waals surface area contributed by atoms with Gasteiger partial charge in [-0.1, -0.05) is 41.4 Å². The molecule has 1 aliphatic rings. The van der Waals surface area contributed by atoms with E-state index in [9.17, 15) is 14.4 Å². The zero-order valence-corrected chi connectivity index (χ0v) is 16.6. The number of thioether (sulfide) groups is 1. The second-order valence-corrected chi connectivity index (χ2v) is 7.58. The number of nitrogens with zero attached hydrogens (tertiary/aromatic N) is 1. The van der Waals surface area contributed by atoms with E-state index in [0.717, 1.165) is 16.7 Å². The van der Waals surface area contributed by atoms with Crippen molar-refractivity contribution in [3.63, 3.8) is 0 Å². The molecule has 1 heterocycles. The number of amides is 2. The van der Waals surface area contributed by atoms with Crippen molar-refractivity contribution in [1.82, 2.24) is 4.90 Å². The summed E-state index contributed by atoms with van der Waals surface area (Å²) in [6.45, 7) is -0.339. The molecule has 1 N–H and O–H groups in total. The molecule has 28 heavy (non-hydrogen) atoms. The first-order chi connectivity index (χ1) is 13.3. The van der Waals surface area contributed by atoms with Gasteiger partial charge in [0.1, 0.15) is 5.75 Å². The fourth-order valence-electron chi connectivity index (χ4n) is 2.41. The van der Waals surface area contributed by atoms with Crippen molar-refractivity contribution in [3.8, 4) is 5.75 Å². The number of carboxylic acid groups (broad SMARTS) is 1. The van der Waals surface area contributed by atoms with Gasteiger partial charge >= 0.3 is 5.97 Å². The van der Waals surface area contributed by atoms with Crippen molar-refractivity contribution in [2.75, 3.05) is 6.61 Å². The number of hydrogen-bond acceptors (Lipinski definition) is 5. The summed E-state index contributed by atoms with van der Waals surface area (Å²) in [5.74, 6) is -1.07. The lowest BCUT2D eigenvalue weighted by Gasteiger charge is -2.12. The predicted molar refractivity (Wildman–Crippen MR) is 108 cm³/mol. The number of aliphatic carboxylic acids is 1. The number of imide groups is 1. The molecule has 144 valence electrons. The van der Waals surface area contributed by atoms with E-state index in [2.05, 4.69) is 0 Å². The van der Waals surface area contributed by atoms with Crippen molar-refractivity contribution >= 4 is 58.2 Å². The zero-order chi connectivity index (χ0) is 20.3. The van der Waals surface area contributed by atoms with Gasteiger partial charge in [-0.3, -0.25) is 14.5 Å². The smallest absolute Gasteiger partial charge is 0.341 e. The van der Waals surface area contributed by atoms with E-state index in [1.165, 1.54) is 0 Å². The maximum absolute atomic E-state index is 12.6. The van der Waals surface area contributed by atoms with E-state index in [1.54, 1.807) is 48.5 Å². The van der Waals surface area contributed by atoms with Crippen molar-refractivity contribution < 1.29 is 24.2 Å². The third-order valence-corrected chi connectivity index (χ3v) is 5.38. The fourth-order valence-corrected chi connectivity index (χ4v) is 3.57. The Kier molecular flexibility index (Phi) is 6.28. The van der Waals surface area contributed by atoms with Gasteiger partial charge in [-0.15, -0.1) is 0 Å². The summed E-state index contributed by atoms with van der Waals surface area (Å²) in [5.41, 5.74) is 1.38. The normalized spacial score (nSPS) is 15.4. The minimum absolute atomic E-state index is 0.0981. The monoisotopic (exact) mass is 437 g/mol. The largest absolute Gasteiger partial charge is 0.482 e. The molecule has 0 aromatic heterocycles. The Morgan fingerprint density at radius 2 is 1.82 bits per heavy atom. The average molecular weight is 438 g/mol. The molecule has 0 radical (unpaired) electrons. The van der Waals surface area contributed by atoms with Crippen LogP contribution < -0.4 is 4.74 Å². The van der Waals surface area contributed by atoms with Gasteiger partial charge in [0.05, 0.1) is 21.5 Å². The van der Waals surface area contributed by atoms with Crippen LogP contribution in [0.1, 0.15) is 11.1 Å². The van der Waals surface area contributed by atoms with Crippen LogP contribution in [0.5, 0.6) is 5.75 Å². The van der Waals surface area contributed by atoms with Gasteiger partial charge in [-0.25, -0.2) is 4.79 Å². The predicted octanol–water partition coefficient (Wildman–Crippen LogP) is 4.69. The second kappa shape index (κ2) is 8.68. The number of carboxylic acids is 1. The lowest BCUT2D eigenvalue weighted by molar-refractivity contribution is -0.139. The van der Waals surface area contributed by atoms with Crippen molar-refractivity contribution in [2.24, 2.45) is 0 Å². The highest BCUT2D eigenvalue weighted by atomic mass is 35.5. The lowest BCUT2D eigenvalue weighted by atomic mass is 10.2. The second-order valence-electron chi connectivity index (χ2n) is 5.77. The van der Waals surface area contributed by atoms with Gasteiger partial charge in [0.15, 0.2) is 6.61 Å². The van der Waals surface area contributed by atoms with Gasteiger partial charge in [0.2, 0.25) is 0 Å². The Bertz CT molecular complexity index is 975. The van der Waals surface area contributed by atoms with Crippen molar-refractivity contribution in [2.45, 2.75) is 6.54 Å². The third-order valence-electron chi connectivity index (χ3n) is 3.74. The van der Waals surface area contributed by atoms with Crippen LogP contribution in [0.3, 0.4) is 0 Å². The van der Waals surface area contributed by atoms with Crippen LogP contribution in [0.4, 0.5) is 4.79 Å². The van der Waals surface area contributed by atoms with Crippen LogP contribution in [0.25, 0.3) is 6.08 Å². The summed E-state index contributed by atoms with van der Waals surface area (Å²) in [6, 6.07) is 11.5. The molecule has 1 saturated heterocycles. The maximum Gasteiger partial charge on any atom is 0.341 e. The van der Waals surface area contributed by atoms with E-state index >= 15 is 0 Å². The summed E-state index contributed by atoms with van der Waals surface area (Å²) < 4.78 is 5.06. The van der Waals surface area contributed by atoms with Crippen LogP contribution in [0.2, 0.25) is 10.0 Å². The number of rotatable bonds is 6. The first-order valence-corrected chi connectivity index (χ1v) is 9.54. The molecule has 0 saturated carbocycles. The van der Waals surface area contributed by atoms with Crippen LogP contribution in [0.15, 0.2) is 47.4 Å². The minimum atomic E-state index is -1.07. The number of carbonyl (C=O) groups is 3. The SMILES string of the molecule is O=C(O)COc1ccc(C=C2SC(=O)N(Cc3ccc(Cl)c(Cl)c3)C2=O)cc1. The summed E-state index contributed by atoms with van der Waals surface area (Å²) in [5, 5.41) is 8.99. The van der Waals surface area contributed by atoms with E-state index < -0.39 is 18.5 Å². The van der Waals surface area contributed by atoms with Gasteiger partial charge < -0.3 is 9.84 Å². The Hall–Kier alpha value is -2.48. The van der Waals surface area contributed by atoms with Gasteiger partial charge in [-0.2, -0.15) is 0 Å². The molecule has 6 nitrogen and oxygen atoms in total. The highest BCUT2D eigenvalue weighted by Gasteiger charge is 2.35. The average Bonchev–Trinajstić information content (AvgIpc) is 2.91. The summed E-state index contributed by atoms with van der Waals surface area (Å²) in [4.78, 5) is 36.8. The third kappa shape index (κ3) is 4.86. The molecule has 1 aliphatic heterocycles. The molecule has 1 fully saturated rings. The minimum Gasteiger partial charge on any atom is -0.482 e. The quantitative estimate of drug-likeness (QED) is 0.659. The number of benzene rings is 2. The summed E-state index contributed by atoms with van der Waals surface area (Å²) in [6.07, 6.45) is 1.60. The zero-order valence-electron chi connectivity index (χ0n) is 14.2. The standard InChI is InChI=1S/C19H13Cl2NO5S/c20-14-6-3-12(7-15(14)21)9-22-18(25)16(28-19(22)26)8-11-1-4-13(5-2-11)27-10-17(23)24/h1-8H,9-10H2,(H,23,24). The molecular formula is C19H13Cl2NO5S. The molecule has 0 aliphatic carbocycles. The Labute approximate surface area is 174 Å². The molecule has 2 aromatic carbocycles. The van der Waals surface area contributed by atoms with Crippen molar-refractivity contribution in [3.05, 3.63) is 68.5 Å². The number of carbonyl (C=O) groups excluding carboxylic acids is 2. The van der Waals surface area contributed by atoms with Crippen molar-refractivity contribution in [1.29, 1.82) is 0 Å². The fraction of sp³-hybridized carbons (Fsp3) is 0.105. The highest BCUT2D eigenvalue weighted by Crippen LogP contribution is 2.34. The molecule has 3 rings (SSSR count). The Balaban J connectivity index is 1.71. The van der Waals surface area contributed by atoms with Crippen LogP contribution in [-0.2, 0) is 16.1 Å². The summed E-state index contributed by atoms with van der Waals surface area (Å²) >= 11 is 12.7.